The van der Waals surface area contributed by atoms with E-state index in [9.17, 15) is 36.8 Å². The molecule has 0 aromatic carbocycles. The van der Waals surface area contributed by atoms with Gasteiger partial charge in [-0.15, -0.1) is 0 Å². The summed E-state index contributed by atoms with van der Waals surface area (Å²) in [6.45, 7) is 0.417. The monoisotopic (exact) mass is 510 g/mol. The maximum Gasteiger partial charge on any atom is 0.427 e. The number of fused-ring (bicyclic) bond motifs is 1. The van der Waals surface area contributed by atoms with Gasteiger partial charge in [0.15, 0.2) is 5.75 Å². The van der Waals surface area contributed by atoms with Gasteiger partial charge in [0.2, 0.25) is 6.10 Å². The Bertz CT molecular complexity index is 1260. The fourth-order valence-corrected chi connectivity index (χ4v) is 3.70. The van der Waals surface area contributed by atoms with Gasteiger partial charge < -0.3 is 15.0 Å². The maximum atomic E-state index is 13.7. The van der Waals surface area contributed by atoms with Crippen LogP contribution >= 0.6 is 0 Å². The number of nitrogens with zero attached hydrogens (tertiary/aromatic N) is 5. The Morgan fingerprint density at radius 2 is 1.97 bits per heavy atom. The number of carbonyl (C=O) groups is 2. The van der Waals surface area contributed by atoms with Crippen molar-refractivity contribution >= 4 is 23.3 Å². The average molecular weight is 510 g/mol. The average Bonchev–Trinajstić information content (AvgIpc) is 3.67. The molecule has 1 fully saturated rings. The Hall–Kier alpha value is -4.02. The lowest BCUT2D eigenvalue weighted by Crippen LogP contribution is -2.51. The molecule has 190 valence electrons. The molecule has 1 saturated carbocycles. The van der Waals surface area contributed by atoms with E-state index in [1.54, 1.807) is 6.07 Å². The minimum Gasteiger partial charge on any atom is -0.475 e. The molecule has 4 rings (SSSR count). The summed E-state index contributed by atoms with van der Waals surface area (Å²) < 4.78 is 73.0. The molecule has 2 aliphatic rings. The van der Waals surface area contributed by atoms with Crippen molar-refractivity contribution in [3.8, 4) is 11.8 Å². The number of hydrogen-bond donors (Lipinski definition) is 1. The quantitative estimate of drug-likeness (QED) is 0.618. The number of rotatable bonds is 4. The molecule has 1 unspecified atom stereocenters. The number of urea groups is 1. The highest BCUT2D eigenvalue weighted by Gasteiger charge is 2.48. The zero-order valence-electron chi connectivity index (χ0n) is 18.9. The summed E-state index contributed by atoms with van der Waals surface area (Å²) >= 11 is 0. The van der Waals surface area contributed by atoms with Crippen molar-refractivity contribution in [3.05, 3.63) is 41.0 Å². The van der Waals surface area contributed by atoms with Crippen LogP contribution in [0.1, 0.15) is 46.6 Å². The van der Waals surface area contributed by atoms with Crippen LogP contribution in [0.2, 0.25) is 0 Å². The summed E-state index contributed by atoms with van der Waals surface area (Å²) in [5, 5.41) is 11.6. The molecule has 1 aliphatic heterocycles. The molecular weight excluding hydrogens is 491 g/mol. The number of halogens is 5. The van der Waals surface area contributed by atoms with E-state index >= 15 is 0 Å². The van der Waals surface area contributed by atoms with Crippen molar-refractivity contribution in [3.63, 3.8) is 0 Å². The third-order valence-electron chi connectivity index (χ3n) is 5.84. The number of nitrogens with one attached hydrogen (secondary N) is 1. The predicted octanol–water partition coefficient (Wildman–Crippen LogP) is 4.19. The molecule has 0 saturated heterocycles. The predicted molar refractivity (Wildman–Crippen MR) is 115 cm³/mol. The van der Waals surface area contributed by atoms with E-state index in [1.165, 1.54) is 18.9 Å². The Balaban J connectivity index is 1.65. The number of anilines is 2. The first-order chi connectivity index (χ1) is 16.9. The second-order valence-corrected chi connectivity index (χ2v) is 8.34. The van der Waals surface area contributed by atoms with Crippen molar-refractivity contribution in [1.29, 1.82) is 5.26 Å². The minimum atomic E-state index is -4.87. The molecule has 1 N–H and O–H groups in total. The molecule has 36 heavy (non-hydrogen) atoms. The van der Waals surface area contributed by atoms with Gasteiger partial charge in [0.25, 0.3) is 12.3 Å². The summed E-state index contributed by atoms with van der Waals surface area (Å²) in [6.07, 6.45) is -6.88. The molecule has 0 spiro atoms. The number of pyridine rings is 2. The van der Waals surface area contributed by atoms with Crippen LogP contribution < -0.4 is 15.0 Å². The van der Waals surface area contributed by atoms with Crippen molar-refractivity contribution in [2.45, 2.75) is 44.5 Å². The Morgan fingerprint density at radius 3 is 2.56 bits per heavy atom. The van der Waals surface area contributed by atoms with Gasteiger partial charge in [-0.3, -0.25) is 14.7 Å². The normalized spacial score (nSPS) is 17.2. The van der Waals surface area contributed by atoms with E-state index in [0.29, 0.717) is 4.90 Å². The second-order valence-electron chi connectivity index (χ2n) is 8.34. The third kappa shape index (κ3) is 4.73. The first kappa shape index (κ1) is 25.1. The van der Waals surface area contributed by atoms with Gasteiger partial charge in [0, 0.05) is 13.1 Å². The first-order valence-corrected chi connectivity index (χ1v) is 10.7. The van der Waals surface area contributed by atoms with Crippen LogP contribution in [0, 0.1) is 18.3 Å². The molecule has 2 aromatic heterocycles. The lowest BCUT2D eigenvalue weighted by Gasteiger charge is -2.35. The van der Waals surface area contributed by atoms with Gasteiger partial charge in [-0.1, -0.05) is 0 Å². The highest BCUT2D eigenvalue weighted by atomic mass is 19.4. The summed E-state index contributed by atoms with van der Waals surface area (Å²) in [5.41, 5.74) is -1.85. The van der Waals surface area contributed by atoms with E-state index in [0.717, 1.165) is 31.3 Å². The van der Waals surface area contributed by atoms with E-state index in [4.69, 9.17) is 4.74 Å². The molecule has 3 amide bonds. The van der Waals surface area contributed by atoms with Gasteiger partial charge in [0.1, 0.15) is 23.0 Å². The molecule has 0 radical (unpaired) electrons. The maximum absolute atomic E-state index is 13.7. The zero-order valence-corrected chi connectivity index (χ0v) is 18.9. The number of aryl methyl sites for hydroxylation is 1. The van der Waals surface area contributed by atoms with Crippen molar-refractivity contribution in [1.82, 2.24) is 14.9 Å². The highest BCUT2D eigenvalue weighted by molar-refractivity contribution is 6.03. The number of ether oxygens (including phenoxy) is 1. The Labute approximate surface area is 201 Å². The summed E-state index contributed by atoms with van der Waals surface area (Å²) in [4.78, 5) is 35.3. The van der Waals surface area contributed by atoms with E-state index in [1.807, 2.05) is 0 Å². The number of carbonyl (C=O) groups excluding carboxylic acids is 2. The molecule has 0 bridgehead atoms. The molecule has 1 atom stereocenters. The fourth-order valence-electron chi connectivity index (χ4n) is 3.70. The van der Waals surface area contributed by atoms with Crippen LogP contribution in [-0.4, -0.2) is 58.7 Å². The molecule has 1 aliphatic carbocycles. The number of nitriles is 1. The fraction of sp³-hybridized carbons (Fsp3) is 0.409. The minimum absolute atomic E-state index is 0.0530. The van der Waals surface area contributed by atoms with Crippen LogP contribution in [0.4, 0.5) is 38.1 Å². The number of aromatic nitrogens is 2. The number of alkyl halides is 5. The van der Waals surface area contributed by atoms with Gasteiger partial charge in [0.05, 0.1) is 35.9 Å². The van der Waals surface area contributed by atoms with Crippen LogP contribution in [-0.2, 0) is 0 Å². The smallest absolute Gasteiger partial charge is 0.427 e. The van der Waals surface area contributed by atoms with Crippen LogP contribution in [0.3, 0.4) is 0 Å². The van der Waals surface area contributed by atoms with E-state index in [2.05, 4.69) is 15.3 Å². The van der Waals surface area contributed by atoms with Gasteiger partial charge in [-0.25, -0.2) is 18.6 Å². The van der Waals surface area contributed by atoms with Crippen molar-refractivity contribution in [2.75, 3.05) is 23.8 Å². The standard InChI is InChI=1S/C22H19F5N6O3/c1-10-14(6-28)18-15(8-29-10)33(9-16(36-18)22(25,26)27)21(35)31-11-5-13(19(23)24)17(30-7-11)20(34)32(2)12-3-4-12/h5,7-8,12,16,19H,3-4,9H2,1-2H3,(H,31,35). The zero-order chi connectivity index (χ0) is 26.4. The lowest BCUT2D eigenvalue weighted by atomic mass is 10.1. The molecule has 2 aromatic rings. The summed E-state index contributed by atoms with van der Waals surface area (Å²) in [5.74, 6) is -1.17. The highest BCUT2D eigenvalue weighted by Crippen LogP contribution is 2.41. The largest absolute Gasteiger partial charge is 0.475 e. The van der Waals surface area contributed by atoms with Crippen LogP contribution in [0.5, 0.6) is 5.75 Å². The van der Waals surface area contributed by atoms with E-state index < -0.39 is 54.2 Å². The molecular formula is C22H19F5N6O3. The van der Waals surface area contributed by atoms with Gasteiger partial charge >= 0.3 is 12.2 Å². The van der Waals surface area contributed by atoms with Crippen molar-refractivity contribution < 1.29 is 36.3 Å². The van der Waals surface area contributed by atoms with Crippen molar-refractivity contribution in [2.24, 2.45) is 0 Å². The summed E-state index contributed by atoms with van der Waals surface area (Å²) in [7, 11) is 1.48. The number of amides is 3. The SMILES string of the molecule is Cc1ncc2c(c1C#N)OC(C(F)(F)F)CN2C(=O)Nc1cnc(C(=O)N(C)C2CC2)c(C(F)F)c1. The van der Waals surface area contributed by atoms with Crippen LogP contribution in [0.25, 0.3) is 0 Å². The summed E-state index contributed by atoms with van der Waals surface area (Å²) in [6, 6.07) is 1.39. The number of hydrogen-bond acceptors (Lipinski definition) is 6. The second kappa shape index (κ2) is 9.21. The third-order valence-corrected chi connectivity index (χ3v) is 5.84. The lowest BCUT2D eigenvalue weighted by molar-refractivity contribution is -0.193. The van der Waals surface area contributed by atoms with Crippen LogP contribution in [0.15, 0.2) is 18.5 Å². The molecule has 3 heterocycles. The first-order valence-electron chi connectivity index (χ1n) is 10.7. The van der Waals surface area contributed by atoms with E-state index in [-0.39, 0.29) is 28.7 Å². The molecule has 14 heteroatoms. The topological polar surface area (TPSA) is 111 Å². The van der Waals surface area contributed by atoms with Gasteiger partial charge in [-0.2, -0.15) is 18.4 Å². The van der Waals surface area contributed by atoms with Gasteiger partial charge in [-0.05, 0) is 25.8 Å². The Kier molecular flexibility index (Phi) is 6.42. The Morgan fingerprint density at radius 1 is 1.28 bits per heavy atom. The molecule has 9 nitrogen and oxygen atoms in total.